The van der Waals surface area contributed by atoms with Crippen LogP contribution < -0.4 is 5.73 Å². The van der Waals surface area contributed by atoms with Crippen molar-refractivity contribution < 1.29 is 9.13 Å². The molecule has 0 amide bonds. The number of nitro benzene ring substituents is 1. The standard InChI is InChI=1S/C14H13ClN2O3S/c15-12-6-5-11(16)9-14(12)21(20)8-7-10-3-1-2-4-13(10)17(18)19/h1-6,9H,7-8,16H2. The second-order valence-electron chi connectivity index (χ2n) is 4.38. The summed E-state index contributed by atoms with van der Waals surface area (Å²) in [6, 6.07) is 11.2. The molecule has 110 valence electrons. The Balaban J connectivity index is 2.15. The zero-order chi connectivity index (χ0) is 15.4. The maximum Gasteiger partial charge on any atom is 0.272 e. The molecule has 0 bridgehead atoms. The van der Waals surface area contributed by atoms with Gasteiger partial charge in [-0.2, -0.15) is 0 Å². The summed E-state index contributed by atoms with van der Waals surface area (Å²) in [4.78, 5) is 10.9. The molecule has 2 rings (SSSR count). The third-order valence-corrected chi connectivity index (χ3v) is 4.79. The number of nitrogen functional groups attached to an aromatic ring is 1. The summed E-state index contributed by atoms with van der Waals surface area (Å²) in [6.45, 7) is 0. The van der Waals surface area contributed by atoms with Gasteiger partial charge in [-0.3, -0.25) is 14.3 Å². The highest BCUT2D eigenvalue weighted by molar-refractivity contribution is 7.85. The lowest BCUT2D eigenvalue weighted by Gasteiger charge is -2.06. The zero-order valence-corrected chi connectivity index (χ0v) is 12.6. The molecule has 0 aliphatic heterocycles. The van der Waals surface area contributed by atoms with E-state index < -0.39 is 15.7 Å². The average molecular weight is 325 g/mol. The minimum Gasteiger partial charge on any atom is -0.399 e. The molecule has 0 heterocycles. The normalized spacial score (nSPS) is 12.0. The highest BCUT2D eigenvalue weighted by Gasteiger charge is 2.15. The van der Waals surface area contributed by atoms with E-state index in [0.29, 0.717) is 27.6 Å². The molecule has 0 aliphatic carbocycles. The SMILES string of the molecule is Nc1ccc(Cl)c(S(=O)CCc2ccccc2[N+](=O)[O-])c1. The van der Waals surface area contributed by atoms with Gasteiger partial charge in [-0.25, -0.2) is 0 Å². The lowest BCUT2D eigenvalue weighted by molar-refractivity contribution is -0.385. The number of nitrogens with two attached hydrogens (primary N) is 1. The molecule has 2 aromatic carbocycles. The summed E-state index contributed by atoms with van der Waals surface area (Å²) in [5, 5.41) is 11.3. The molecule has 0 fully saturated rings. The van der Waals surface area contributed by atoms with E-state index >= 15 is 0 Å². The highest BCUT2D eigenvalue weighted by atomic mass is 35.5. The van der Waals surface area contributed by atoms with Crippen molar-refractivity contribution in [2.75, 3.05) is 11.5 Å². The molecule has 0 aliphatic rings. The van der Waals surface area contributed by atoms with Gasteiger partial charge in [0.05, 0.1) is 25.6 Å². The van der Waals surface area contributed by atoms with Crippen LogP contribution in [-0.4, -0.2) is 14.9 Å². The van der Waals surface area contributed by atoms with Crippen molar-refractivity contribution >= 4 is 33.8 Å². The van der Waals surface area contributed by atoms with E-state index in [4.69, 9.17) is 17.3 Å². The molecule has 5 nitrogen and oxygen atoms in total. The lowest BCUT2D eigenvalue weighted by atomic mass is 10.1. The molecule has 0 aromatic heterocycles. The fourth-order valence-corrected chi connectivity index (χ4v) is 3.46. The minimum absolute atomic E-state index is 0.0353. The number of benzene rings is 2. The Hall–Kier alpha value is -1.92. The molecule has 0 saturated heterocycles. The van der Waals surface area contributed by atoms with Gasteiger partial charge in [0, 0.05) is 23.1 Å². The highest BCUT2D eigenvalue weighted by Crippen LogP contribution is 2.24. The van der Waals surface area contributed by atoms with Crippen LogP contribution in [0.3, 0.4) is 0 Å². The van der Waals surface area contributed by atoms with E-state index in [1.54, 1.807) is 36.4 Å². The fraction of sp³-hybridized carbons (Fsp3) is 0.143. The maximum atomic E-state index is 12.3. The summed E-state index contributed by atoms with van der Waals surface area (Å²) in [6.07, 6.45) is 0.328. The third-order valence-electron chi connectivity index (χ3n) is 2.95. The van der Waals surface area contributed by atoms with Gasteiger partial charge in [-0.15, -0.1) is 0 Å². The molecule has 0 saturated carbocycles. The summed E-state index contributed by atoms with van der Waals surface area (Å²) in [5.74, 6) is 0.244. The van der Waals surface area contributed by atoms with Crippen molar-refractivity contribution in [3.8, 4) is 0 Å². The van der Waals surface area contributed by atoms with Crippen LogP contribution >= 0.6 is 11.6 Å². The number of nitrogens with zero attached hydrogens (tertiary/aromatic N) is 1. The van der Waals surface area contributed by atoms with Gasteiger partial charge in [0.15, 0.2) is 0 Å². The Labute approximate surface area is 129 Å². The number of rotatable bonds is 5. The van der Waals surface area contributed by atoms with Crippen molar-refractivity contribution in [3.63, 3.8) is 0 Å². The van der Waals surface area contributed by atoms with E-state index in [0.717, 1.165) is 0 Å². The molecule has 0 spiro atoms. The van der Waals surface area contributed by atoms with Gasteiger partial charge in [-0.05, 0) is 24.6 Å². The van der Waals surface area contributed by atoms with Crippen molar-refractivity contribution in [2.24, 2.45) is 0 Å². The molecular formula is C14H13ClN2O3S. The molecule has 21 heavy (non-hydrogen) atoms. The molecule has 7 heteroatoms. The third kappa shape index (κ3) is 3.80. The second kappa shape index (κ2) is 6.69. The summed E-state index contributed by atoms with van der Waals surface area (Å²) < 4.78 is 12.3. The maximum absolute atomic E-state index is 12.3. The smallest absolute Gasteiger partial charge is 0.272 e. The minimum atomic E-state index is -1.36. The number of anilines is 1. The first-order valence-electron chi connectivity index (χ1n) is 6.14. The predicted molar refractivity (Wildman–Crippen MR) is 83.9 cm³/mol. The Morgan fingerprint density at radius 3 is 2.67 bits per heavy atom. The Morgan fingerprint density at radius 1 is 1.24 bits per heavy atom. The monoisotopic (exact) mass is 324 g/mol. The Bertz CT molecular complexity index is 706. The summed E-state index contributed by atoms with van der Waals surface area (Å²) in [5.41, 5.74) is 6.72. The second-order valence-corrected chi connectivity index (χ2v) is 6.32. The van der Waals surface area contributed by atoms with Crippen LogP contribution in [0.2, 0.25) is 5.02 Å². The van der Waals surface area contributed by atoms with E-state index in [1.165, 1.54) is 6.07 Å². The number of para-hydroxylation sites is 1. The topological polar surface area (TPSA) is 86.2 Å². The molecule has 2 aromatic rings. The first-order valence-corrected chi connectivity index (χ1v) is 7.84. The van der Waals surface area contributed by atoms with Crippen LogP contribution in [0.5, 0.6) is 0 Å². The first kappa shape index (κ1) is 15.5. The van der Waals surface area contributed by atoms with Crippen LogP contribution in [0.25, 0.3) is 0 Å². The lowest BCUT2D eigenvalue weighted by Crippen LogP contribution is -2.05. The molecule has 1 unspecified atom stereocenters. The predicted octanol–water partition coefficient (Wildman–Crippen LogP) is 3.18. The zero-order valence-electron chi connectivity index (χ0n) is 11.0. The van der Waals surface area contributed by atoms with Crippen LogP contribution in [0.1, 0.15) is 5.56 Å². The van der Waals surface area contributed by atoms with E-state index in [2.05, 4.69) is 0 Å². The van der Waals surface area contributed by atoms with Crippen LogP contribution in [0, 0.1) is 10.1 Å². The van der Waals surface area contributed by atoms with Crippen molar-refractivity contribution in [1.29, 1.82) is 0 Å². The number of halogens is 1. The molecule has 1 atom stereocenters. The molecular weight excluding hydrogens is 312 g/mol. The largest absolute Gasteiger partial charge is 0.399 e. The van der Waals surface area contributed by atoms with Crippen LogP contribution in [0.15, 0.2) is 47.4 Å². The summed E-state index contributed by atoms with van der Waals surface area (Å²) >= 11 is 6.00. The Morgan fingerprint density at radius 2 is 1.95 bits per heavy atom. The van der Waals surface area contributed by atoms with Gasteiger partial charge < -0.3 is 5.73 Å². The number of nitro groups is 1. The average Bonchev–Trinajstić information content (AvgIpc) is 2.47. The summed E-state index contributed by atoms with van der Waals surface area (Å²) in [7, 11) is -1.36. The van der Waals surface area contributed by atoms with Gasteiger partial charge in [0.2, 0.25) is 0 Å². The quantitative estimate of drug-likeness (QED) is 0.520. The Kier molecular flexibility index (Phi) is 4.93. The van der Waals surface area contributed by atoms with Gasteiger partial charge >= 0.3 is 0 Å². The van der Waals surface area contributed by atoms with Crippen molar-refractivity contribution in [1.82, 2.24) is 0 Å². The van der Waals surface area contributed by atoms with E-state index in [-0.39, 0.29) is 11.4 Å². The molecule has 2 N–H and O–H groups in total. The number of aryl methyl sites for hydroxylation is 1. The number of hydrogen-bond acceptors (Lipinski definition) is 4. The first-order chi connectivity index (χ1) is 9.99. The van der Waals surface area contributed by atoms with Crippen molar-refractivity contribution in [2.45, 2.75) is 11.3 Å². The molecule has 0 radical (unpaired) electrons. The number of hydrogen-bond donors (Lipinski definition) is 1. The van der Waals surface area contributed by atoms with E-state index in [9.17, 15) is 14.3 Å². The van der Waals surface area contributed by atoms with E-state index in [1.807, 2.05) is 0 Å². The van der Waals surface area contributed by atoms with Crippen LogP contribution in [-0.2, 0) is 17.2 Å². The van der Waals surface area contributed by atoms with Gasteiger partial charge in [0.25, 0.3) is 5.69 Å². The van der Waals surface area contributed by atoms with Crippen LogP contribution in [0.4, 0.5) is 11.4 Å². The van der Waals surface area contributed by atoms with Crippen molar-refractivity contribution in [3.05, 3.63) is 63.2 Å². The van der Waals surface area contributed by atoms with Gasteiger partial charge in [-0.1, -0.05) is 29.8 Å². The fourth-order valence-electron chi connectivity index (χ4n) is 1.91. The van der Waals surface area contributed by atoms with Gasteiger partial charge in [0.1, 0.15) is 0 Å².